The summed E-state index contributed by atoms with van der Waals surface area (Å²) in [5, 5.41) is 13.9. The van der Waals surface area contributed by atoms with E-state index in [1.807, 2.05) is 30.3 Å². The highest BCUT2D eigenvalue weighted by atomic mass is 79.9. The van der Waals surface area contributed by atoms with Gasteiger partial charge in [-0.25, -0.2) is 0 Å². The first-order chi connectivity index (χ1) is 13.2. The number of rotatable bonds is 1. The predicted octanol–water partition coefficient (Wildman–Crippen LogP) is 7.33. The van der Waals surface area contributed by atoms with Crippen LogP contribution in [0.4, 0.5) is 0 Å². The zero-order valence-electron chi connectivity index (χ0n) is 14.1. The summed E-state index contributed by atoms with van der Waals surface area (Å²) in [4.78, 5) is 0. The average Bonchev–Trinajstić information content (AvgIpc) is 3.00. The summed E-state index contributed by atoms with van der Waals surface area (Å²) >= 11 is 7.21. The Morgan fingerprint density at radius 1 is 0.667 bits per heavy atom. The first-order valence-corrected chi connectivity index (χ1v) is 10.1. The van der Waals surface area contributed by atoms with Gasteiger partial charge in [0, 0.05) is 30.5 Å². The van der Waals surface area contributed by atoms with Crippen molar-refractivity contribution in [1.82, 2.24) is 4.57 Å². The lowest BCUT2D eigenvalue weighted by Gasteiger charge is -2.12. The first kappa shape index (κ1) is 16.6. The van der Waals surface area contributed by atoms with Gasteiger partial charge in [0.15, 0.2) is 0 Å². The van der Waals surface area contributed by atoms with Crippen LogP contribution in [0.15, 0.2) is 81.7 Å². The molecule has 27 heavy (non-hydrogen) atoms. The van der Waals surface area contributed by atoms with Gasteiger partial charge in [-0.2, -0.15) is 5.26 Å². The van der Waals surface area contributed by atoms with E-state index < -0.39 is 0 Å². The lowest BCUT2D eigenvalue weighted by Crippen LogP contribution is -1.96. The van der Waals surface area contributed by atoms with Crippen LogP contribution < -0.4 is 0 Å². The molecule has 0 aliphatic heterocycles. The van der Waals surface area contributed by atoms with Crippen molar-refractivity contribution in [2.75, 3.05) is 0 Å². The molecule has 0 radical (unpaired) electrons. The van der Waals surface area contributed by atoms with Gasteiger partial charge in [-0.05, 0) is 48.5 Å². The van der Waals surface area contributed by atoms with E-state index in [1.165, 1.54) is 10.8 Å². The number of nitriles is 1. The molecule has 4 aromatic carbocycles. The summed E-state index contributed by atoms with van der Waals surface area (Å²) in [6.07, 6.45) is 0. The van der Waals surface area contributed by atoms with E-state index in [4.69, 9.17) is 0 Å². The van der Waals surface area contributed by atoms with Crippen molar-refractivity contribution in [3.05, 3.63) is 87.3 Å². The zero-order valence-corrected chi connectivity index (χ0v) is 17.3. The highest BCUT2D eigenvalue weighted by molar-refractivity contribution is 9.10. The van der Waals surface area contributed by atoms with E-state index in [0.717, 1.165) is 36.4 Å². The van der Waals surface area contributed by atoms with E-state index in [0.29, 0.717) is 5.56 Å². The van der Waals surface area contributed by atoms with Crippen LogP contribution in [0.5, 0.6) is 0 Å². The molecule has 0 N–H and O–H groups in total. The molecular weight excluding hydrogens is 464 g/mol. The molecule has 4 heteroatoms. The summed E-state index contributed by atoms with van der Waals surface area (Å²) in [7, 11) is 0. The smallest absolute Gasteiger partial charge is 0.0998 e. The Balaban J connectivity index is 2.00. The number of hydrogen-bond acceptors (Lipinski definition) is 1. The predicted molar refractivity (Wildman–Crippen MR) is 118 cm³/mol. The number of hydrogen-bond donors (Lipinski definition) is 0. The van der Waals surface area contributed by atoms with E-state index in [9.17, 15) is 5.26 Å². The molecule has 1 heterocycles. The summed E-state index contributed by atoms with van der Waals surface area (Å²) in [5.41, 5.74) is 4.05. The molecule has 0 unspecified atom stereocenters. The van der Waals surface area contributed by atoms with Crippen LogP contribution in [0.2, 0.25) is 0 Å². The summed E-state index contributed by atoms with van der Waals surface area (Å²) in [6, 6.07) is 27.1. The zero-order chi connectivity index (χ0) is 18.5. The fourth-order valence-electron chi connectivity index (χ4n) is 3.80. The molecule has 5 rings (SSSR count). The molecule has 0 spiro atoms. The molecule has 1 aromatic heterocycles. The lowest BCUT2D eigenvalue weighted by atomic mass is 10.0. The maximum absolute atomic E-state index is 9.49. The van der Waals surface area contributed by atoms with Crippen LogP contribution in [-0.4, -0.2) is 4.57 Å². The Morgan fingerprint density at radius 3 is 1.85 bits per heavy atom. The van der Waals surface area contributed by atoms with E-state index >= 15 is 0 Å². The summed E-state index contributed by atoms with van der Waals surface area (Å²) in [6.45, 7) is 0. The van der Waals surface area contributed by atoms with Crippen LogP contribution in [0.3, 0.4) is 0 Å². The molecule has 0 atom stereocenters. The maximum atomic E-state index is 9.49. The van der Waals surface area contributed by atoms with Gasteiger partial charge in [0.1, 0.15) is 0 Å². The molecule has 0 saturated carbocycles. The van der Waals surface area contributed by atoms with Gasteiger partial charge in [0.2, 0.25) is 0 Å². The minimum Gasteiger partial charge on any atom is -0.309 e. The van der Waals surface area contributed by atoms with Gasteiger partial charge in [0.05, 0.1) is 28.4 Å². The standard InChI is InChI=1S/C23H12Br2N2/c24-15-6-9-22-19(11-15)20-12-16(25)7-10-23(20)27(22)21-8-5-14(13-26)17-3-1-2-4-18(17)21/h1-12H. The number of halogens is 2. The third-order valence-corrected chi connectivity index (χ3v) is 5.94. The lowest BCUT2D eigenvalue weighted by molar-refractivity contribution is 1.20. The molecule has 5 aromatic rings. The Hall–Kier alpha value is -2.61. The van der Waals surface area contributed by atoms with Crippen molar-refractivity contribution in [2.45, 2.75) is 0 Å². The van der Waals surface area contributed by atoms with Crippen molar-refractivity contribution >= 4 is 64.4 Å². The fourth-order valence-corrected chi connectivity index (χ4v) is 4.53. The molecule has 2 nitrogen and oxygen atoms in total. The quantitative estimate of drug-likeness (QED) is 0.249. The van der Waals surface area contributed by atoms with Crippen LogP contribution >= 0.6 is 31.9 Å². The van der Waals surface area contributed by atoms with Crippen molar-refractivity contribution in [3.8, 4) is 11.8 Å². The minimum absolute atomic E-state index is 0.695. The topological polar surface area (TPSA) is 28.7 Å². The second-order valence-electron chi connectivity index (χ2n) is 6.45. The normalized spacial score (nSPS) is 11.3. The van der Waals surface area contributed by atoms with Crippen LogP contribution in [0.25, 0.3) is 38.3 Å². The Bertz CT molecular complexity index is 1350. The van der Waals surface area contributed by atoms with Gasteiger partial charge in [-0.15, -0.1) is 0 Å². The average molecular weight is 476 g/mol. The molecule has 0 amide bonds. The van der Waals surface area contributed by atoms with Gasteiger partial charge in [-0.3, -0.25) is 0 Å². The van der Waals surface area contributed by atoms with Gasteiger partial charge in [-0.1, -0.05) is 56.1 Å². The highest BCUT2D eigenvalue weighted by Gasteiger charge is 2.15. The van der Waals surface area contributed by atoms with Crippen molar-refractivity contribution in [2.24, 2.45) is 0 Å². The Morgan fingerprint density at radius 2 is 1.26 bits per heavy atom. The summed E-state index contributed by atoms with van der Waals surface area (Å²) in [5.74, 6) is 0. The van der Waals surface area contributed by atoms with Crippen LogP contribution in [0.1, 0.15) is 5.56 Å². The molecule has 0 fully saturated rings. The van der Waals surface area contributed by atoms with Crippen molar-refractivity contribution < 1.29 is 0 Å². The number of nitrogens with zero attached hydrogens (tertiary/aromatic N) is 2. The number of fused-ring (bicyclic) bond motifs is 4. The maximum Gasteiger partial charge on any atom is 0.0998 e. The second-order valence-corrected chi connectivity index (χ2v) is 8.28. The van der Waals surface area contributed by atoms with Gasteiger partial charge in [0.25, 0.3) is 0 Å². The Kier molecular flexibility index (Phi) is 3.82. The SMILES string of the molecule is N#Cc1ccc(-n2c3ccc(Br)cc3c3cc(Br)ccc32)c2ccccc12. The first-order valence-electron chi connectivity index (χ1n) is 8.49. The van der Waals surface area contributed by atoms with E-state index in [2.05, 4.69) is 85.0 Å². The largest absolute Gasteiger partial charge is 0.309 e. The van der Waals surface area contributed by atoms with Gasteiger partial charge < -0.3 is 4.57 Å². The monoisotopic (exact) mass is 474 g/mol. The highest BCUT2D eigenvalue weighted by Crippen LogP contribution is 2.37. The van der Waals surface area contributed by atoms with Crippen molar-refractivity contribution in [1.29, 1.82) is 5.26 Å². The molecule has 0 bridgehead atoms. The minimum atomic E-state index is 0.695. The molecule has 128 valence electrons. The molecule has 0 saturated heterocycles. The Labute approximate surface area is 172 Å². The van der Waals surface area contributed by atoms with Crippen LogP contribution in [0, 0.1) is 11.3 Å². The van der Waals surface area contributed by atoms with Crippen molar-refractivity contribution in [3.63, 3.8) is 0 Å². The second kappa shape index (κ2) is 6.23. The fraction of sp³-hybridized carbons (Fsp3) is 0. The molecule has 0 aliphatic carbocycles. The third kappa shape index (κ3) is 2.50. The molecular formula is C23H12Br2N2. The van der Waals surface area contributed by atoms with Gasteiger partial charge >= 0.3 is 0 Å². The van der Waals surface area contributed by atoms with Crippen LogP contribution in [-0.2, 0) is 0 Å². The summed E-state index contributed by atoms with van der Waals surface area (Å²) < 4.78 is 4.39. The third-order valence-electron chi connectivity index (χ3n) is 4.95. The van der Waals surface area contributed by atoms with E-state index in [1.54, 1.807) is 0 Å². The number of aromatic nitrogens is 1. The van der Waals surface area contributed by atoms with E-state index in [-0.39, 0.29) is 0 Å². The molecule has 0 aliphatic rings. The number of benzene rings is 4.